The van der Waals surface area contributed by atoms with Crippen LogP contribution in [0.1, 0.15) is 12.1 Å². The monoisotopic (exact) mass is 284 g/mol. The van der Waals surface area contributed by atoms with E-state index in [2.05, 4.69) is 9.97 Å². The lowest BCUT2D eigenvalue weighted by molar-refractivity contribution is -0.117. The number of hydrogen-bond acceptors (Lipinski definition) is 6. The highest BCUT2D eigenvalue weighted by Crippen LogP contribution is 2.26. The molecule has 19 heavy (non-hydrogen) atoms. The van der Waals surface area contributed by atoms with Crippen molar-refractivity contribution in [1.29, 1.82) is 5.26 Å². The van der Waals surface area contributed by atoms with E-state index < -0.39 is 27.8 Å². The van der Waals surface area contributed by atoms with Crippen LogP contribution in [0.5, 0.6) is 0 Å². The molecule has 0 spiro atoms. The average Bonchev–Trinajstić information content (AvgIpc) is 2.67. The van der Waals surface area contributed by atoms with Gasteiger partial charge in [0.1, 0.15) is 6.07 Å². The number of carbonyl (C=O) groups is 1. The molecule has 1 atom stereocenters. The van der Waals surface area contributed by atoms with E-state index in [1.54, 1.807) is 6.07 Å². The van der Waals surface area contributed by atoms with Gasteiger partial charge in [-0.05, 0) is 0 Å². The standard InChI is InChI=1S/C10H9FN4O3S/c11-19(17,18)6-7-3-9(16)15(5-7)10-8(4-12)13-1-2-14-10/h1-2,7H,3,5-6H2. The number of amides is 1. The van der Waals surface area contributed by atoms with E-state index in [-0.39, 0.29) is 24.5 Å². The number of nitrogens with zero attached hydrogens (tertiary/aromatic N) is 4. The van der Waals surface area contributed by atoms with Gasteiger partial charge in [0.2, 0.25) is 5.91 Å². The van der Waals surface area contributed by atoms with Gasteiger partial charge < -0.3 is 0 Å². The molecule has 1 aliphatic heterocycles. The van der Waals surface area contributed by atoms with Crippen LogP contribution >= 0.6 is 0 Å². The van der Waals surface area contributed by atoms with Gasteiger partial charge in [0.15, 0.2) is 11.5 Å². The second kappa shape index (κ2) is 4.89. The van der Waals surface area contributed by atoms with E-state index in [0.717, 1.165) is 0 Å². The lowest BCUT2D eigenvalue weighted by Gasteiger charge is -2.15. The Labute approximate surface area is 108 Å². The van der Waals surface area contributed by atoms with Crippen LogP contribution in [0.25, 0.3) is 0 Å². The van der Waals surface area contributed by atoms with Gasteiger partial charge in [-0.3, -0.25) is 9.69 Å². The first-order chi connectivity index (χ1) is 8.90. The maximum atomic E-state index is 12.6. The first-order valence-corrected chi connectivity index (χ1v) is 6.90. The topological polar surface area (TPSA) is 104 Å². The Kier molecular flexibility index (Phi) is 3.44. The summed E-state index contributed by atoms with van der Waals surface area (Å²) in [7, 11) is -4.63. The number of rotatable bonds is 3. The summed E-state index contributed by atoms with van der Waals surface area (Å²) in [6, 6.07) is 1.80. The molecule has 0 N–H and O–H groups in total. The molecule has 1 amide bonds. The number of nitriles is 1. The summed E-state index contributed by atoms with van der Waals surface area (Å²) >= 11 is 0. The summed E-state index contributed by atoms with van der Waals surface area (Å²) in [5, 5.41) is 8.87. The lowest BCUT2D eigenvalue weighted by Crippen LogP contribution is -2.27. The van der Waals surface area contributed by atoms with E-state index in [1.807, 2.05) is 0 Å². The zero-order valence-electron chi connectivity index (χ0n) is 9.65. The molecule has 1 aliphatic rings. The number of anilines is 1. The molecule has 0 bridgehead atoms. The van der Waals surface area contributed by atoms with E-state index in [1.165, 1.54) is 17.3 Å². The molecular weight excluding hydrogens is 275 g/mol. The van der Waals surface area contributed by atoms with Crippen LogP contribution in [0.4, 0.5) is 9.70 Å². The molecule has 0 radical (unpaired) electrons. The molecule has 2 heterocycles. The number of aromatic nitrogens is 2. The first-order valence-electron chi connectivity index (χ1n) is 5.34. The normalized spacial score (nSPS) is 19.5. The van der Waals surface area contributed by atoms with Crippen LogP contribution in [-0.4, -0.2) is 36.6 Å². The van der Waals surface area contributed by atoms with E-state index in [4.69, 9.17) is 5.26 Å². The maximum Gasteiger partial charge on any atom is 0.302 e. The van der Waals surface area contributed by atoms with Crippen LogP contribution in [-0.2, 0) is 15.0 Å². The Morgan fingerprint density at radius 3 is 2.79 bits per heavy atom. The Morgan fingerprint density at radius 1 is 1.47 bits per heavy atom. The predicted molar refractivity (Wildman–Crippen MR) is 62.1 cm³/mol. The molecular formula is C10H9FN4O3S. The molecule has 7 nitrogen and oxygen atoms in total. The van der Waals surface area contributed by atoms with Gasteiger partial charge in [0.05, 0.1) is 5.75 Å². The highest BCUT2D eigenvalue weighted by Gasteiger charge is 2.35. The molecule has 2 rings (SSSR count). The minimum atomic E-state index is -4.63. The van der Waals surface area contributed by atoms with E-state index in [9.17, 15) is 17.1 Å². The maximum absolute atomic E-state index is 12.6. The van der Waals surface area contributed by atoms with Gasteiger partial charge in [-0.15, -0.1) is 3.89 Å². The smallest absolute Gasteiger partial charge is 0.294 e. The van der Waals surface area contributed by atoms with E-state index in [0.29, 0.717) is 0 Å². The highest BCUT2D eigenvalue weighted by atomic mass is 32.3. The van der Waals surface area contributed by atoms with Crippen molar-refractivity contribution < 1.29 is 17.1 Å². The highest BCUT2D eigenvalue weighted by molar-refractivity contribution is 7.86. The number of halogens is 1. The van der Waals surface area contributed by atoms with Gasteiger partial charge in [0, 0.05) is 31.3 Å². The van der Waals surface area contributed by atoms with Gasteiger partial charge in [-0.2, -0.15) is 13.7 Å². The Morgan fingerprint density at radius 2 is 2.16 bits per heavy atom. The van der Waals surface area contributed by atoms with Crippen molar-refractivity contribution in [3.63, 3.8) is 0 Å². The minimum Gasteiger partial charge on any atom is -0.294 e. The summed E-state index contributed by atoms with van der Waals surface area (Å²) in [4.78, 5) is 20.6. The van der Waals surface area contributed by atoms with Crippen LogP contribution in [0.3, 0.4) is 0 Å². The molecule has 1 unspecified atom stereocenters. The largest absolute Gasteiger partial charge is 0.302 e. The Balaban J connectivity index is 2.24. The van der Waals surface area contributed by atoms with Crippen LogP contribution in [0.15, 0.2) is 12.4 Å². The first kappa shape index (κ1) is 13.4. The van der Waals surface area contributed by atoms with Crippen LogP contribution < -0.4 is 4.90 Å². The molecule has 1 saturated heterocycles. The SMILES string of the molecule is N#Cc1nccnc1N1CC(CS(=O)(=O)F)CC1=O. The molecule has 1 aromatic rings. The third kappa shape index (κ3) is 3.03. The van der Waals surface area contributed by atoms with Crippen LogP contribution in [0, 0.1) is 17.2 Å². The molecule has 1 fully saturated rings. The van der Waals surface area contributed by atoms with Crippen molar-refractivity contribution >= 4 is 21.9 Å². The minimum absolute atomic E-state index is 0.00928. The Hall–Kier alpha value is -2.08. The van der Waals surface area contributed by atoms with Crippen molar-refractivity contribution in [2.75, 3.05) is 17.2 Å². The summed E-state index contributed by atoms with van der Waals surface area (Å²) in [6.07, 6.45) is 2.54. The Bertz CT molecular complexity index is 655. The zero-order valence-corrected chi connectivity index (χ0v) is 10.5. The van der Waals surface area contributed by atoms with E-state index >= 15 is 0 Å². The van der Waals surface area contributed by atoms with Gasteiger partial charge in [-0.25, -0.2) is 9.97 Å². The van der Waals surface area contributed by atoms with Crippen molar-refractivity contribution in [2.24, 2.45) is 5.92 Å². The molecule has 1 aromatic heterocycles. The fourth-order valence-electron chi connectivity index (χ4n) is 1.99. The van der Waals surface area contributed by atoms with Gasteiger partial charge >= 0.3 is 10.2 Å². The van der Waals surface area contributed by atoms with Crippen molar-refractivity contribution in [3.05, 3.63) is 18.1 Å². The summed E-state index contributed by atoms with van der Waals surface area (Å²) in [5.74, 6) is -1.67. The third-order valence-corrected chi connectivity index (χ3v) is 3.55. The molecule has 0 saturated carbocycles. The van der Waals surface area contributed by atoms with Gasteiger partial charge in [-0.1, -0.05) is 0 Å². The molecule has 100 valence electrons. The average molecular weight is 284 g/mol. The molecule has 0 aromatic carbocycles. The van der Waals surface area contributed by atoms with Crippen molar-refractivity contribution in [1.82, 2.24) is 9.97 Å². The number of carbonyl (C=O) groups excluding carboxylic acids is 1. The predicted octanol–water partition coefficient (Wildman–Crippen LogP) is 0.000480. The fraction of sp³-hybridized carbons (Fsp3) is 0.400. The molecule has 9 heteroatoms. The molecule has 0 aliphatic carbocycles. The quantitative estimate of drug-likeness (QED) is 0.724. The zero-order chi connectivity index (χ0) is 14.0. The fourth-order valence-corrected chi connectivity index (χ4v) is 2.77. The summed E-state index contributed by atoms with van der Waals surface area (Å²) < 4.78 is 33.8. The van der Waals surface area contributed by atoms with Crippen LogP contribution in [0.2, 0.25) is 0 Å². The second-order valence-electron chi connectivity index (χ2n) is 4.12. The lowest BCUT2D eigenvalue weighted by atomic mass is 10.1. The van der Waals surface area contributed by atoms with Gasteiger partial charge in [0.25, 0.3) is 0 Å². The third-order valence-electron chi connectivity index (χ3n) is 2.68. The second-order valence-corrected chi connectivity index (χ2v) is 5.53. The van der Waals surface area contributed by atoms with Crippen molar-refractivity contribution in [2.45, 2.75) is 6.42 Å². The number of hydrogen-bond donors (Lipinski definition) is 0. The van der Waals surface area contributed by atoms with Crippen molar-refractivity contribution in [3.8, 4) is 6.07 Å². The summed E-state index contributed by atoms with van der Waals surface area (Å²) in [6.45, 7) is 0.00928. The summed E-state index contributed by atoms with van der Waals surface area (Å²) in [5.41, 5.74) is -0.0281.